The second kappa shape index (κ2) is 5.94. The quantitative estimate of drug-likeness (QED) is 0.822. The first-order valence-corrected chi connectivity index (χ1v) is 7.26. The molecule has 2 nitrogen and oxygen atoms in total. The van der Waals surface area contributed by atoms with Gasteiger partial charge < -0.3 is 0 Å². The molecule has 0 aliphatic rings. The van der Waals surface area contributed by atoms with E-state index < -0.39 is 0 Å². The molecule has 4 heteroatoms. The molecule has 0 fully saturated rings. The highest BCUT2D eigenvalue weighted by Crippen LogP contribution is 2.25. The number of aryl methyl sites for hydroxylation is 2. The van der Waals surface area contributed by atoms with Gasteiger partial charge in [-0.3, -0.25) is 4.68 Å². The normalized spacial score (nSPS) is 13.1. The summed E-state index contributed by atoms with van der Waals surface area (Å²) in [5, 5.41) is 4.38. The second-order valence-electron chi connectivity index (χ2n) is 4.00. The summed E-state index contributed by atoms with van der Waals surface area (Å²) in [6.07, 6.45) is 1.26. The first kappa shape index (κ1) is 13.1. The summed E-state index contributed by atoms with van der Waals surface area (Å²) in [5.41, 5.74) is 2.37. The summed E-state index contributed by atoms with van der Waals surface area (Å²) in [7, 11) is 2.01. The lowest BCUT2D eigenvalue weighted by Gasteiger charge is -2.08. The lowest BCUT2D eigenvalue weighted by Crippen LogP contribution is -2.00. The van der Waals surface area contributed by atoms with Crippen molar-refractivity contribution < 1.29 is 0 Å². The van der Waals surface area contributed by atoms with Crippen LogP contribution in [0, 0.1) is 12.8 Å². The van der Waals surface area contributed by atoms with Crippen LogP contribution in [0.25, 0.3) is 0 Å². The molecule has 0 aromatic carbocycles. The molecule has 0 aliphatic heterocycles. The number of thioether (sulfide) groups is 1. The summed E-state index contributed by atoms with van der Waals surface area (Å²) in [4.78, 5) is 0. The average molecular weight is 291 g/mol. The van der Waals surface area contributed by atoms with E-state index in [4.69, 9.17) is 0 Å². The molecule has 0 radical (unpaired) electrons. The predicted octanol–water partition coefficient (Wildman–Crippen LogP) is 3.77. The van der Waals surface area contributed by atoms with Crippen molar-refractivity contribution in [1.82, 2.24) is 9.78 Å². The highest BCUT2D eigenvalue weighted by Gasteiger charge is 2.10. The molecule has 86 valence electrons. The summed E-state index contributed by atoms with van der Waals surface area (Å²) in [6.45, 7) is 6.58. The van der Waals surface area contributed by atoms with Crippen LogP contribution in [0.3, 0.4) is 0 Å². The highest BCUT2D eigenvalue weighted by molar-refractivity contribution is 9.10. The summed E-state index contributed by atoms with van der Waals surface area (Å²) >= 11 is 5.58. The van der Waals surface area contributed by atoms with Crippen LogP contribution in [0.4, 0.5) is 0 Å². The maximum absolute atomic E-state index is 4.38. The first-order valence-electron chi connectivity index (χ1n) is 5.32. The Morgan fingerprint density at radius 1 is 1.53 bits per heavy atom. The highest BCUT2D eigenvalue weighted by atomic mass is 79.9. The van der Waals surface area contributed by atoms with Crippen LogP contribution < -0.4 is 0 Å². The smallest absolute Gasteiger partial charge is 0.0738 e. The Kier molecular flexibility index (Phi) is 5.19. The van der Waals surface area contributed by atoms with Gasteiger partial charge in [0.25, 0.3) is 0 Å². The van der Waals surface area contributed by atoms with Crippen molar-refractivity contribution in [2.75, 3.05) is 5.75 Å². The maximum atomic E-state index is 4.38. The maximum Gasteiger partial charge on any atom is 0.0738 e. The molecule has 0 N–H and O–H groups in total. The van der Waals surface area contributed by atoms with E-state index in [-0.39, 0.29) is 0 Å². The Bertz CT molecular complexity index is 323. The predicted molar refractivity (Wildman–Crippen MR) is 71.3 cm³/mol. The third kappa shape index (κ3) is 3.52. The van der Waals surface area contributed by atoms with Crippen LogP contribution in [0.1, 0.15) is 31.7 Å². The van der Waals surface area contributed by atoms with E-state index in [2.05, 4.69) is 34.9 Å². The zero-order valence-corrected chi connectivity index (χ0v) is 12.3. The molecule has 1 rings (SSSR count). The van der Waals surface area contributed by atoms with Gasteiger partial charge in [-0.1, -0.05) is 20.3 Å². The van der Waals surface area contributed by atoms with Crippen molar-refractivity contribution in [3.8, 4) is 0 Å². The minimum atomic E-state index is 0.808. The molecular weight excluding hydrogens is 272 g/mol. The SMILES string of the molecule is CCC(C)CSCc1c(Br)c(C)nn1C. The number of halogens is 1. The fourth-order valence-corrected chi connectivity index (χ4v) is 3.25. The van der Waals surface area contributed by atoms with Crippen LogP contribution >= 0.6 is 27.7 Å². The van der Waals surface area contributed by atoms with Crippen LogP contribution in [0.5, 0.6) is 0 Å². The molecule has 0 aliphatic carbocycles. The van der Waals surface area contributed by atoms with Crippen molar-refractivity contribution in [2.45, 2.75) is 32.9 Å². The van der Waals surface area contributed by atoms with Crippen molar-refractivity contribution in [2.24, 2.45) is 13.0 Å². The topological polar surface area (TPSA) is 17.8 Å². The van der Waals surface area contributed by atoms with Crippen molar-refractivity contribution >= 4 is 27.7 Å². The Morgan fingerprint density at radius 2 is 2.20 bits per heavy atom. The lowest BCUT2D eigenvalue weighted by molar-refractivity contribution is 0.636. The van der Waals surface area contributed by atoms with E-state index in [0.29, 0.717) is 0 Å². The zero-order chi connectivity index (χ0) is 11.4. The fraction of sp³-hybridized carbons (Fsp3) is 0.727. The first-order chi connectivity index (χ1) is 7.06. The molecule has 0 spiro atoms. The standard InChI is InChI=1S/C11H19BrN2S/c1-5-8(2)6-15-7-10-11(12)9(3)13-14(10)4/h8H,5-7H2,1-4H3. The summed E-state index contributed by atoms with van der Waals surface area (Å²) < 4.78 is 3.14. The molecule has 1 aromatic heterocycles. The number of hydrogen-bond acceptors (Lipinski definition) is 2. The van der Waals surface area contributed by atoms with E-state index in [1.165, 1.54) is 22.3 Å². The summed E-state index contributed by atoms with van der Waals surface area (Å²) in [5.74, 6) is 3.08. The van der Waals surface area contributed by atoms with E-state index >= 15 is 0 Å². The minimum absolute atomic E-state index is 0.808. The molecule has 1 heterocycles. The third-order valence-electron chi connectivity index (χ3n) is 2.60. The van der Waals surface area contributed by atoms with Gasteiger partial charge in [0, 0.05) is 12.8 Å². The number of rotatable bonds is 5. The van der Waals surface area contributed by atoms with Gasteiger partial charge in [0.05, 0.1) is 15.9 Å². The van der Waals surface area contributed by atoms with Gasteiger partial charge in [0.2, 0.25) is 0 Å². The molecule has 1 aromatic rings. The van der Waals surface area contributed by atoms with Crippen molar-refractivity contribution in [3.05, 3.63) is 15.9 Å². The fourth-order valence-electron chi connectivity index (χ4n) is 1.31. The van der Waals surface area contributed by atoms with Gasteiger partial charge in [0.1, 0.15) is 0 Å². The molecule has 0 bridgehead atoms. The van der Waals surface area contributed by atoms with E-state index in [1.54, 1.807) is 0 Å². The summed E-state index contributed by atoms with van der Waals surface area (Å²) in [6, 6.07) is 0. The van der Waals surface area contributed by atoms with Gasteiger partial charge in [-0.2, -0.15) is 16.9 Å². The van der Waals surface area contributed by atoms with Gasteiger partial charge in [-0.05, 0) is 34.5 Å². The van der Waals surface area contributed by atoms with E-state index in [0.717, 1.165) is 17.4 Å². The average Bonchev–Trinajstić information content (AvgIpc) is 2.44. The van der Waals surface area contributed by atoms with Crippen molar-refractivity contribution in [3.63, 3.8) is 0 Å². The van der Waals surface area contributed by atoms with Crippen LogP contribution in [0.2, 0.25) is 0 Å². The van der Waals surface area contributed by atoms with E-state index in [1.807, 2.05) is 30.4 Å². The Labute approximate surface area is 105 Å². The molecule has 0 amide bonds. The van der Waals surface area contributed by atoms with Gasteiger partial charge in [-0.15, -0.1) is 0 Å². The number of hydrogen-bond donors (Lipinski definition) is 0. The largest absolute Gasteiger partial charge is 0.270 e. The van der Waals surface area contributed by atoms with Gasteiger partial charge in [0.15, 0.2) is 0 Å². The van der Waals surface area contributed by atoms with Crippen LogP contribution in [0.15, 0.2) is 4.47 Å². The minimum Gasteiger partial charge on any atom is -0.270 e. The number of nitrogens with zero attached hydrogens (tertiary/aromatic N) is 2. The van der Waals surface area contributed by atoms with Crippen LogP contribution in [-0.4, -0.2) is 15.5 Å². The molecule has 15 heavy (non-hydrogen) atoms. The third-order valence-corrected chi connectivity index (χ3v) is 4.91. The Hall–Kier alpha value is 0.0400. The second-order valence-corrected chi connectivity index (χ2v) is 5.82. The Morgan fingerprint density at radius 3 is 2.67 bits per heavy atom. The number of aromatic nitrogens is 2. The van der Waals surface area contributed by atoms with Gasteiger partial charge in [-0.25, -0.2) is 0 Å². The molecule has 1 atom stereocenters. The zero-order valence-electron chi connectivity index (χ0n) is 9.88. The van der Waals surface area contributed by atoms with Gasteiger partial charge >= 0.3 is 0 Å². The van der Waals surface area contributed by atoms with Crippen molar-refractivity contribution in [1.29, 1.82) is 0 Å². The molecule has 0 saturated carbocycles. The molecule has 1 unspecified atom stereocenters. The lowest BCUT2D eigenvalue weighted by atomic mass is 10.2. The van der Waals surface area contributed by atoms with Crippen LogP contribution in [-0.2, 0) is 12.8 Å². The Balaban J connectivity index is 2.50. The molecule has 0 saturated heterocycles. The molecular formula is C11H19BrN2S. The monoisotopic (exact) mass is 290 g/mol. The van der Waals surface area contributed by atoms with E-state index in [9.17, 15) is 0 Å².